The van der Waals surface area contributed by atoms with Crippen LogP contribution in [0.2, 0.25) is 0 Å². The molecule has 242 valence electrons. The van der Waals surface area contributed by atoms with Gasteiger partial charge in [-0.25, -0.2) is 0 Å². The first-order valence-electron chi connectivity index (χ1n) is 17.2. The second-order valence-corrected chi connectivity index (χ2v) is 13.8. The van der Waals surface area contributed by atoms with Crippen LogP contribution in [0, 0.1) is 0 Å². The molecule has 0 radical (unpaired) electrons. The standard InChI is InChI=1S/C42H45ClN2O2/c1-4-27-44-29-26-31(34-16-9-10-18-36(34)44)20-21-32-14-12-15-33(41(32)43)23-25-38-42(2,3)40-35-17-8-7-13-30(35)22-24-37(40)45(38)28-11-5-6-19-39(46)47/h7-10,13,16-18,20-26,29H,4-6,11-12,14-15,19,27-28H2,1-3H3/p+1. The number of hydrogen-bond acceptors (Lipinski definition) is 2. The number of carbonyl (C=O) groups is 1. The van der Waals surface area contributed by atoms with Gasteiger partial charge in [0.15, 0.2) is 6.20 Å². The Morgan fingerprint density at radius 1 is 0.936 bits per heavy atom. The van der Waals surface area contributed by atoms with Crippen molar-refractivity contribution in [3.63, 3.8) is 0 Å². The van der Waals surface area contributed by atoms with E-state index in [1.807, 2.05) is 0 Å². The average Bonchev–Trinajstić information content (AvgIpc) is 3.29. The summed E-state index contributed by atoms with van der Waals surface area (Å²) in [5.74, 6) is -0.722. The van der Waals surface area contributed by atoms with Gasteiger partial charge < -0.3 is 10.0 Å². The molecule has 4 aromatic rings. The van der Waals surface area contributed by atoms with Crippen molar-refractivity contribution in [2.24, 2.45) is 0 Å². The fourth-order valence-electron chi connectivity index (χ4n) is 7.47. The maximum absolute atomic E-state index is 11.1. The zero-order chi connectivity index (χ0) is 33.0. The van der Waals surface area contributed by atoms with Crippen LogP contribution in [0.3, 0.4) is 0 Å². The number of pyridine rings is 1. The Hall–Kier alpha value is -4.15. The third-order valence-electron chi connectivity index (χ3n) is 9.81. The maximum atomic E-state index is 11.1. The monoisotopic (exact) mass is 645 g/mol. The topological polar surface area (TPSA) is 44.4 Å². The normalized spacial score (nSPS) is 17.9. The molecule has 6 rings (SSSR count). The maximum Gasteiger partial charge on any atom is 0.303 e. The highest BCUT2D eigenvalue weighted by molar-refractivity contribution is 6.32. The van der Waals surface area contributed by atoms with Gasteiger partial charge in [0.2, 0.25) is 5.52 Å². The van der Waals surface area contributed by atoms with Gasteiger partial charge in [-0.3, -0.25) is 4.79 Å². The molecule has 0 unspecified atom stereocenters. The van der Waals surface area contributed by atoms with Crippen molar-refractivity contribution in [2.45, 2.75) is 84.1 Å². The van der Waals surface area contributed by atoms with Gasteiger partial charge in [-0.2, -0.15) is 4.57 Å². The van der Waals surface area contributed by atoms with E-state index in [0.29, 0.717) is 6.42 Å². The minimum Gasteiger partial charge on any atom is -0.481 e. The summed E-state index contributed by atoms with van der Waals surface area (Å²) in [6, 6.07) is 24.0. The molecule has 5 heteroatoms. The van der Waals surface area contributed by atoms with Crippen molar-refractivity contribution in [2.75, 3.05) is 11.4 Å². The highest BCUT2D eigenvalue weighted by atomic mass is 35.5. The first-order valence-corrected chi connectivity index (χ1v) is 17.6. The zero-order valence-electron chi connectivity index (χ0n) is 27.9. The fourth-order valence-corrected chi connectivity index (χ4v) is 7.78. The number of carboxylic acids is 1. The second kappa shape index (κ2) is 14.3. The Labute approximate surface area is 284 Å². The lowest BCUT2D eigenvalue weighted by molar-refractivity contribution is -0.671. The highest BCUT2D eigenvalue weighted by Crippen LogP contribution is 2.51. The zero-order valence-corrected chi connectivity index (χ0v) is 28.7. The lowest BCUT2D eigenvalue weighted by Gasteiger charge is -2.27. The molecule has 1 N–H and O–H groups in total. The van der Waals surface area contributed by atoms with Crippen LogP contribution in [-0.2, 0) is 16.8 Å². The van der Waals surface area contributed by atoms with Gasteiger partial charge >= 0.3 is 5.97 Å². The van der Waals surface area contributed by atoms with Crippen molar-refractivity contribution >= 4 is 51.0 Å². The number of unbranched alkanes of at least 4 members (excludes halogenated alkanes) is 2. The number of anilines is 1. The number of halogens is 1. The number of rotatable bonds is 11. The quantitative estimate of drug-likeness (QED) is 0.130. The van der Waals surface area contributed by atoms with Gasteiger partial charge in [-0.15, -0.1) is 0 Å². The van der Waals surface area contributed by atoms with Gasteiger partial charge in [0.1, 0.15) is 6.54 Å². The van der Waals surface area contributed by atoms with Crippen LogP contribution in [-0.4, -0.2) is 17.6 Å². The van der Waals surface area contributed by atoms with Crippen molar-refractivity contribution in [3.8, 4) is 0 Å². The highest BCUT2D eigenvalue weighted by Gasteiger charge is 2.40. The Morgan fingerprint density at radius 2 is 1.72 bits per heavy atom. The molecule has 1 aliphatic carbocycles. The van der Waals surface area contributed by atoms with Crippen LogP contribution in [0.25, 0.3) is 27.8 Å². The number of aromatic nitrogens is 1. The lowest BCUT2D eigenvalue weighted by atomic mass is 9.81. The number of allylic oxidation sites excluding steroid dienone is 7. The van der Waals surface area contributed by atoms with Crippen LogP contribution in [0.4, 0.5) is 5.69 Å². The van der Waals surface area contributed by atoms with Crippen LogP contribution in [0.5, 0.6) is 0 Å². The second-order valence-electron chi connectivity index (χ2n) is 13.4. The van der Waals surface area contributed by atoms with Crippen molar-refractivity contribution in [3.05, 3.63) is 124 Å². The molecule has 4 nitrogen and oxygen atoms in total. The predicted octanol–water partition coefficient (Wildman–Crippen LogP) is 10.6. The minimum atomic E-state index is -0.722. The van der Waals surface area contributed by atoms with Crippen molar-refractivity contribution < 1.29 is 14.5 Å². The van der Waals surface area contributed by atoms with Crippen LogP contribution >= 0.6 is 11.6 Å². The third kappa shape index (κ3) is 6.80. The predicted molar refractivity (Wildman–Crippen MR) is 197 cm³/mol. The summed E-state index contributed by atoms with van der Waals surface area (Å²) in [4.78, 5) is 13.5. The van der Waals surface area contributed by atoms with E-state index >= 15 is 0 Å². The summed E-state index contributed by atoms with van der Waals surface area (Å²) >= 11 is 7.17. The number of para-hydroxylation sites is 1. The fraction of sp³-hybridized carbons (Fsp3) is 0.333. The number of benzene rings is 3. The van der Waals surface area contributed by atoms with Crippen molar-refractivity contribution in [1.29, 1.82) is 0 Å². The van der Waals surface area contributed by atoms with E-state index in [2.05, 4.69) is 127 Å². The summed E-state index contributed by atoms with van der Waals surface area (Å²) in [6.45, 7) is 8.73. The number of hydrogen-bond donors (Lipinski definition) is 1. The van der Waals surface area contributed by atoms with Crippen LogP contribution in [0.15, 0.2) is 113 Å². The Kier molecular flexibility index (Phi) is 9.98. The van der Waals surface area contributed by atoms with Crippen LogP contribution < -0.4 is 9.47 Å². The third-order valence-corrected chi connectivity index (χ3v) is 10.3. The molecule has 2 aliphatic rings. The molecule has 1 aromatic heterocycles. The van der Waals surface area contributed by atoms with Gasteiger partial charge in [0.05, 0.1) is 5.39 Å². The van der Waals surface area contributed by atoms with E-state index in [-0.39, 0.29) is 11.8 Å². The van der Waals surface area contributed by atoms with Gasteiger partial charge in [0, 0.05) is 53.4 Å². The van der Waals surface area contributed by atoms with E-state index in [1.54, 1.807) is 0 Å². The molecule has 0 saturated carbocycles. The molecule has 0 saturated heterocycles. The van der Waals surface area contributed by atoms with E-state index in [9.17, 15) is 4.79 Å². The molecule has 0 atom stereocenters. The summed E-state index contributed by atoms with van der Waals surface area (Å²) < 4.78 is 2.33. The lowest BCUT2D eigenvalue weighted by Crippen LogP contribution is -2.33. The first kappa shape index (κ1) is 32.8. The number of carboxylic acid groups (broad SMARTS) is 1. The molecule has 47 heavy (non-hydrogen) atoms. The Bertz CT molecular complexity index is 1930. The smallest absolute Gasteiger partial charge is 0.303 e. The Balaban J connectivity index is 1.33. The molecule has 0 fully saturated rings. The largest absolute Gasteiger partial charge is 0.481 e. The minimum absolute atomic E-state index is 0.203. The SMILES string of the molecule is CCC[n+]1ccc(C=CC2=C(Cl)C(=CC=C3N(CCCCCC(=O)O)c4ccc5ccccc5c4C3(C)C)CCC2)c2ccccc21. The van der Waals surface area contributed by atoms with E-state index < -0.39 is 5.97 Å². The Morgan fingerprint density at radius 3 is 2.53 bits per heavy atom. The number of aryl methyl sites for hydroxylation is 1. The molecule has 0 spiro atoms. The average molecular weight is 646 g/mol. The molecule has 0 bridgehead atoms. The van der Waals surface area contributed by atoms with E-state index in [4.69, 9.17) is 16.7 Å². The van der Waals surface area contributed by atoms with E-state index in [0.717, 1.165) is 56.6 Å². The van der Waals surface area contributed by atoms with Crippen LogP contribution in [0.1, 0.15) is 83.3 Å². The summed E-state index contributed by atoms with van der Waals surface area (Å²) in [7, 11) is 0. The van der Waals surface area contributed by atoms with Gasteiger partial charge in [-0.1, -0.05) is 99.5 Å². The first-order chi connectivity index (χ1) is 22.8. The number of nitrogens with zero attached hydrogens (tertiary/aromatic N) is 2. The molecule has 3 aromatic carbocycles. The summed E-state index contributed by atoms with van der Waals surface area (Å²) in [5.41, 5.74) is 8.50. The molecule has 2 heterocycles. The molecule has 0 amide bonds. The summed E-state index contributed by atoms with van der Waals surface area (Å²) in [5, 5.41) is 13.8. The van der Waals surface area contributed by atoms with Gasteiger partial charge in [0.25, 0.3) is 0 Å². The van der Waals surface area contributed by atoms with Crippen molar-refractivity contribution in [1.82, 2.24) is 0 Å². The summed E-state index contributed by atoms with van der Waals surface area (Å²) in [6.07, 6.45) is 18.0. The molecule has 1 aliphatic heterocycles. The number of aliphatic carboxylic acids is 1. The number of fused-ring (bicyclic) bond motifs is 4. The van der Waals surface area contributed by atoms with Gasteiger partial charge in [-0.05, 0) is 83.4 Å². The van der Waals surface area contributed by atoms with E-state index in [1.165, 1.54) is 55.3 Å². The molecular formula is C42H46ClN2O2+. The molecular weight excluding hydrogens is 600 g/mol.